The molecule has 0 aromatic rings. The summed E-state index contributed by atoms with van der Waals surface area (Å²) in [6.45, 7) is 0. The maximum absolute atomic E-state index is 11.6. The van der Waals surface area contributed by atoms with Crippen LogP contribution in [0.1, 0.15) is 0 Å². The molecule has 4 heteroatoms. The minimum absolute atomic E-state index is 0.490. The fourth-order valence-electron chi connectivity index (χ4n) is 0.795. The van der Waals surface area contributed by atoms with Gasteiger partial charge in [-0.05, 0) is 12.2 Å². The van der Waals surface area contributed by atoms with E-state index in [-0.39, 0.29) is 0 Å². The van der Waals surface area contributed by atoms with Crippen LogP contribution in [0, 0.1) is 11.8 Å². The van der Waals surface area contributed by atoms with Crippen LogP contribution < -0.4 is 0 Å². The Kier molecular flexibility index (Phi) is 3.26. The van der Waals surface area contributed by atoms with E-state index in [1.54, 1.807) is 24.3 Å². The molecule has 0 aromatic heterocycles. The quantitative estimate of drug-likeness (QED) is 0.339. The first-order valence-corrected chi connectivity index (χ1v) is 4.08. The topological polar surface area (TPSA) is 0 Å². The Morgan fingerprint density at radius 1 is 1.21 bits per heavy atom. The van der Waals surface area contributed by atoms with Crippen LogP contribution in [0.3, 0.4) is 0 Å². The van der Waals surface area contributed by atoms with Gasteiger partial charge in [-0.1, -0.05) is 36.4 Å². The van der Waals surface area contributed by atoms with Gasteiger partial charge in [0.25, 0.3) is 0 Å². The molecule has 1 aliphatic carbocycles. The summed E-state index contributed by atoms with van der Waals surface area (Å²) in [5.74, 6) is 3.06. The van der Waals surface area contributed by atoms with E-state index in [2.05, 4.69) is 0 Å². The molecule has 1 rings (SSSR count). The first-order valence-electron chi connectivity index (χ1n) is 3.68. The van der Waals surface area contributed by atoms with E-state index in [0.717, 1.165) is 12.0 Å². The van der Waals surface area contributed by atoms with Crippen LogP contribution >= 0.6 is 12.2 Å². The number of allylic oxidation sites excluding steroid dienone is 6. The second-order valence-corrected chi connectivity index (χ2v) is 2.89. The highest BCUT2D eigenvalue weighted by Gasteiger charge is 2.22. The van der Waals surface area contributed by atoms with Crippen molar-refractivity contribution in [1.29, 1.82) is 0 Å². The molecule has 0 heterocycles. The molecule has 72 valence electrons. The van der Waals surface area contributed by atoms with Gasteiger partial charge in [-0.15, -0.1) is 0 Å². The van der Waals surface area contributed by atoms with Gasteiger partial charge in [-0.3, -0.25) is 0 Å². The standard InChI is InChI=1S/C10H5F3S/c11-10(12,13)7-3-5-8-4-1-2-6-9(8)14/h1-2,4-6H/b8-5-. The van der Waals surface area contributed by atoms with E-state index in [1.165, 1.54) is 0 Å². The van der Waals surface area contributed by atoms with Crippen molar-refractivity contribution < 1.29 is 13.2 Å². The average Bonchev–Trinajstić information content (AvgIpc) is 2.06. The maximum atomic E-state index is 11.6. The van der Waals surface area contributed by atoms with Crippen molar-refractivity contribution in [2.45, 2.75) is 6.18 Å². The molecule has 0 nitrogen and oxygen atoms in total. The number of hydrogen-bond acceptors (Lipinski definition) is 1. The van der Waals surface area contributed by atoms with Gasteiger partial charge < -0.3 is 0 Å². The molecule has 0 atom stereocenters. The highest BCUT2D eigenvalue weighted by atomic mass is 32.1. The first-order chi connectivity index (χ1) is 6.49. The van der Waals surface area contributed by atoms with Gasteiger partial charge >= 0.3 is 6.18 Å². The van der Waals surface area contributed by atoms with E-state index in [9.17, 15) is 13.2 Å². The zero-order valence-corrected chi connectivity index (χ0v) is 7.75. The largest absolute Gasteiger partial charge is 0.458 e. The Morgan fingerprint density at radius 3 is 2.43 bits per heavy atom. The molecule has 0 N–H and O–H groups in total. The van der Waals surface area contributed by atoms with Crippen LogP contribution in [0.5, 0.6) is 0 Å². The van der Waals surface area contributed by atoms with Gasteiger partial charge in [0.05, 0.1) is 0 Å². The molecule has 0 radical (unpaired) electrons. The van der Waals surface area contributed by atoms with E-state index < -0.39 is 6.18 Å². The van der Waals surface area contributed by atoms with Crippen molar-refractivity contribution in [3.63, 3.8) is 0 Å². The molecule has 0 saturated heterocycles. The van der Waals surface area contributed by atoms with Gasteiger partial charge in [0.15, 0.2) is 0 Å². The number of hydrogen-bond donors (Lipinski definition) is 0. The third-order valence-corrected chi connectivity index (χ3v) is 1.73. The van der Waals surface area contributed by atoms with E-state index in [4.69, 9.17) is 12.2 Å². The average molecular weight is 214 g/mol. The van der Waals surface area contributed by atoms with Crippen LogP contribution in [0.4, 0.5) is 13.2 Å². The van der Waals surface area contributed by atoms with Crippen molar-refractivity contribution in [2.75, 3.05) is 0 Å². The van der Waals surface area contributed by atoms with Crippen LogP contribution in [0.15, 0.2) is 36.0 Å². The lowest BCUT2D eigenvalue weighted by Gasteiger charge is -2.00. The van der Waals surface area contributed by atoms with Crippen LogP contribution in [0.2, 0.25) is 0 Å². The van der Waals surface area contributed by atoms with Crippen molar-refractivity contribution in [2.24, 2.45) is 0 Å². The van der Waals surface area contributed by atoms with Gasteiger partial charge in [0.1, 0.15) is 0 Å². The SMILES string of the molecule is FC(F)(F)C#C/C=C1/C=CC=CC1=S. The fraction of sp³-hybridized carbons (Fsp3) is 0.100. The molecule has 0 spiro atoms. The van der Waals surface area contributed by atoms with Gasteiger partial charge in [-0.25, -0.2) is 0 Å². The summed E-state index contributed by atoms with van der Waals surface area (Å²) in [4.78, 5) is 0.490. The highest BCUT2D eigenvalue weighted by Crippen LogP contribution is 2.12. The second kappa shape index (κ2) is 4.25. The third kappa shape index (κ3) is 3.58. The normalized spacial score (nSPS) is 18.2. The molecule has 0 aliphatic heterocycles. The molecule has 0 saturated carbocycles. The van der Waals surface area contributed by atoms with E-state index >= 15 is 0 Å². The number of thiocarbonyl (C=S) groups is 1. The fourth-order valence-corrected chi connectivity index (χ4v) is 1.00. The van der Waals surface area contributed by atoms with Crippen molar-refractivity contribution in [3.05, 3.63) is 36.0 Å². The Hall–Kier alpha value is -1.34. The van der Waals surface area contributed by atoms with Crippen LogP contribution in [-0.4, -0.2) is 11.0 Å². The van der Waals surface area contributed by atoms with Crippen molar-refractivity contribution in [3.8, 4) is 11.8 Å². The molecular weight excluding hydrogens is 209 g/mol. The number of halogens is 3. The van der Waals surface area contributed by atoms with E-state index in [1.807, 2.05) is 5.92 Å². The summed E-state index contributed by atoms with van der Waals surface area (Å²) in [7, 11) is 0. The molecule has 0 fully saturated rings. The zero-order chi connectivity index (χ0) is 10.6. The summed E-state index contributed by atoms with van der Waals surface area (Å²) in [6, 6.07) is 0. The predicted molar refractivity (Wildman–Crippen MR) is 52.8 cm³/mol. The van der Waals surface area contributed by atoms with Crippen molar-refractivity contribution >= 4 is 17.1 Å². The molecule has 0 aromatic carbocycles. The van der Waals surface area contributed by atoms with Crippen LogP contribution in [-0.2, 0) is 0 Å². The number of alkyl halides is 3. The Morgan fingerprint density at radius 2 is 1.86 bits per heavy atom. The van der Waals surface area contributed by atoms with Gasteiger partial charge in [0, 0.05) is 16.4 Å². The monoisotopic (exact) mass is 214 g/mol. The van der Waals surface area contributed by atoms with E-state index in [0.29, 0.717) is 10.4 Å². The molecular formula is C10H5F3S. The molecule has 0 bridgehead atoms. The number of rotatable bonds is 0. The van der Waals surface area contributed by atoms with Crippen molar-refractivity contribution in [1.82, 2.24) is 0 Å². The molecule has 1 aliphatic rings. The second-order valence-electron chi connectivity index (χ2n) is 2.45. The predicted octanol–water partition coefficient (Wildman–Crippen LogP) is 2.97. The lowest BCUT2D eigenvalue weighted by Crippen LogP contribution is -2.01. The molecule has 14 heavy (non-hydrogen) atoms. The smallest absolute Gasteiger partial charge is 0.159 e. The lowest BCUT2D eigenvalue weighted by molar-refractivity contribution is -0.0696. The van der Waals surface area contributed by atoms with Crippen LogP contribution in [0.25, 0.3) is 0 Å². The maximum Gasteiger partial charge on any atom is 0.458 e. The Labute approximate surface area is 84.8 Å². The summed E-state index contributed by atoms with van der Waals surface area (Å²) >= 11 is 4.88. The highest BCUT2D eigenvalue weighted by molar-refractivity contribution is 7.81. The Balaban J connectivity index is 2.79. The molecule has 0 amide bonds. The minimum Gasteiger partial charge on any atom is -0.159 e. The summed E-state index contributed by atoms with van der Waals surface area (Å²) in [5.41, 5.74) is 0.527. The van der Waals surface area contributed by atoms with Gasteiger partial charge in [0.2, 0.25) is 0 Å². The summed E-state index contributed by atoms with van der Waals surface area (Å²) in [5, 5.41) is 0. The Bertz CT molecular complexity index is 386. The molecule has 0 unspecified atom stereocenters. The lowest BCUT2D eigenvalue weighted by atomic mass is 10.1. The summed E-state index contributed by atoms with van der Waals surface area (Å²) < 4.78 is 34.9. The summed E-state index contributed by atoms with van der Waals surface area (Å²) in [6.07, 6.45) is 3.38. The first kappa shape index (κ1) is 10.7. The minimum atomic E-state index is -4.45. The zero-order valence-electron chi connectivity index (χ0n) is 6.93. The third-order valence-electron chi connectivity index (χ3n) is 1.36. The van der Waals surface area contributed by atoms with Gasteiger partial charge in [-0.2, -0.15) is 13.2 Å².